The zero-order chi connectivity index (χ0) is 15.0. The highest BCUT2D eigenvalue weighted by Gasteiger charge is 2.13. The lowest BCUT2D eigenvalue weighted by Gasteiger charge is -2.07. The number of rotatable bonds is 3. The summed E-state index contributed by atoms with van der Waals surface area (Å²) in [5.74, 6) is -0.100. The summed E-state index contributed by atoms with van der Waals surface area (Å²) in [7, 11) is 1.37. The molecule has 0 bridgehead atoms. The van der Waals surface area contributed by atoms with Gasteiger partial charge < -0.3 is 4.74 Å². The van der Waals surface area contributed by atoms with Gasteiger partial charge in [-0.3, -0.25) is 9.20 Å². The number of hydrogen-bond donors (Lipinski definition) is 0. The van der Waals surface area contributed by atoms with Gasteiger partial charge in [0.15, 0.2) is 10.8 Å². The Hall–Kier alpha value is -1.79. The van der Waals surface area contributed by atoms with E-state index in [1.54, 1.807) is 0 Å². The second kappa shape index (κ2) is 5.54. The largest absolute Gasteiger partial charge is 0.468 e. The Morgan fingerprint density at radius 2 is 2.19 bits per heavy atom. The number of fused-ring (bicyclic) bond motifs is 3. The molecule has 0 spiro atoms. The number of esters is 1. The molecule has 3 rings (SSSR count). The molecule has 3 aromatic rings. The van der Waals surface area contributed by atoms with Crippen molar-refractivity contribution in [3.63, 3.8) is 0 Å². The molecule has 0 radical (unpaired) electrons. The highest BCUT2D eigenvalue weighted by Crippen LogP contribution is 2.27. The van der Waals surface area contributed by atoms with E-state index in [0.29, 0.717) is 10.2 Å². The van der Waals surface area contributed by atoms with Crippen molar-refractivity contribution in [1.29, 1.82) is 0 Å². The number of halogens is 1. The van der Waals surface area contributed by atoms with Crippen LogP contribution in [-0.2, 0) is 9.53 Å². The van der Waals surface area contributed by atoms with E-state index in [0.717, 1.165) is 22.1 Å². The van der Waals surface area contributed by atoms with Gasteiger partial charge in [-0.1, -0.05) is 23.4 Å². The number of methoxy groups -OCH3 is 1. The summed E-state index contributed by atoms with van der Waals surface area (Å²) >= 11 is 7.37. The summed E-state index contributed by atoms with van der Waals surface area (Å²) in [6, 6.07) is 7.63. The van der Waals surface area contributed by atoms with E-state index < -0.39 is 0 Å². The Bertz CT molecular complexity index is 847. The minimum atomic E-state index is -0.295. The summed E-state index contributed by atoms with van der Waals surface area (Å²) in [5, 5.41) is 10.7. The number of nitrogens with zero attached hydrogens (tertiary/aromatic N) is 3. The van der Waals surface area contributed by atoms with Gasteiger partial charge in [0.25, 0.3) is 0 Å². The first-order valence-electron chi connectivity index (χ1n) is 6.24. The van der Waals surface area contributed by atoms with E-state index in [9.17, 15) is 4.79 Å². The summed E-state index contributed by atoms with van der Waals surface area (Å²) in [5.41, 5.74) is 2.79. The molecule has 108 valence electrons. The van der Waals surface area contributed by atoms with Crippen LogP contribution in [0.2, 0.25) is 5.02 Å². The Labute approximate surface area is 130 Å². The number of ether oxygens (including phenoxy) is 1. The van der Waals surface area contributed by atoms with Crippen molar-refractivity contribution in [3.8, 4) is 0 Å². The predicted molar refractivity (Wildman–Crippen MR) is 83.0 cm³/mol. The Kier molecular flexibility index (Phi) is 3.73. The van der Waals surface area contributed by atoms with Gasteiger partial charge in [0.2, 0.25) is 0 Å². The molecule has 7 heteroatoms. The molecule has 0 aliphatic heterocycles. The summed E-state index contributed by atoms with van der Waals surface area (Å²) in [4.78, 5) is 11.3. The van der Waals surface area contributed by atoms with Gasteiger partial charge in [0.05, 0.1) is 18.4 Å². The fourth-order valence-corrected chi connectivity index (χ4v) is 3.12. The normalized spacial score (nSPS) is 11.2. The summed E-state index contributed by atoms with van der Waals surface area (Å²) in [6.45, 7) is 2.01. The van der Waals surface area contributed by atoms with Crippen LogP contribution < -0.4 is 0 Å². The fraction of sp³-hybridized carbons (Fsp3) is 0.214. The van der Waals surface area contributed by atoms with E-state index in [1.807, 2.05) is 35.6 Å². The van der Waals surface area contributed by atoms with Crippen LogP contribution in [0.4, 0.5) is 0 Å². The molecule has 0 saturated heterocycles. The van der Waals surface area contributed by atoms with Gasteiger partial charge in [-0.15, -0.1) is 10.2 Å². The highest BCUT2D eigenvalue weighted by atomic mass is 35.5. The molecule has 0 unspecified atom stereocenters. The third kappa shape index (κ3) is 2.56. The van der Waals surface area contributed by atoms with E-state index in [2.05, 4.69) is 14.9 Å². The number of aromatic nitrogens is 3. The van der Waals surface area contributed by atoms with Crippen LogP contribution in [0.3, 0.4) is 0 Å². The van der Waals surface area contributed by atoms with Gasteiger partial charge in [0.1, 0.15) is 0 Å². The van der Waals surface area contributed by atoms with Crippen molar-refractivity contribution in [3.05, 3.63) is 34.9 Å². The average molecular weight is 322 g/mol. The standard InChI is InChI=1S/C14H12ClN3O2S/c1-8-5-12-16-17-14(21-7-13(19)20-2)18(12)11-4-3-9(15)6-10(8)11/h3-6H,7H2,1-2H3. The van der Waals surface area contributed by atoms with E-state index in [1.165, 1.54) is 18.9 Å². The van der Waals surface area contributed by atoms with Crippen molar-refractivity contribution >= 4 is 45.9 Å². The minimum Gasteiger partial charge on any atom is -0.468 e. The Morgan fingerprint density at radius 3 is 2.95 bits per heavy atom. The summed E-state index contributed by atoms with van der Waals surface area (Å²) in [6.07, 6.45) is 0. The van der Waals surface area contributed by atoms with Crippen LogP contribution in [-0.4, -0.2) is 33.4 Å². The number of thioether (sulfide) groups is 1. The molecule has 0 N–H and O–H groups in total. The maximum absolute atomic E-state index is 11.3. The lowest BCUT2D eigenvalue weighted by Crippen LogP contribution is -2.04. The average Bonchev–Trinajstić information content (AvgIpc) is 2.88. The Morgan fingerprint density at radius 1 is 1.38 bits per heavy atom. The lowest BCUT2D eigenvalue weighted by atomic mass is 10.1. The third-order valence-electron chi connectivity index (χ3n) is 3.18. The molecule has 0 amide bonds. The number of pyridine rings is 1. The van der Waals surface area contributed by atoms with Crippen molar-refractivity contribution in [2.75, 3.05) is 12.9 Å². The monoisotopic (exact) mass is 321 g/mol. The van der Waals surface area contributed by atoms with Gasteiger partial charge in [-0.05, 0) is 36.8 Å². The van der Waals surface area contributed by atoms with Gasteiger partial charge in [0, 0.05) is 10.4 Å². The molecule has 1 aromatic carbocycles. The third-order valence-corrected chi connectivity index (χ3v) is 4.31. The minimum absolute atomic E-state index is 0.195. The highest BCUT2D eigenvalue weighted by molar-refractivity contribution is 7.99. The van der Waals surface area contributed by atoms with Crippen LogP contribution in [0.1, 0.15) is 5.56 Å². The molecular weight excluding hydrogens is 310 g/mol. The number of hydrogen-bond acceptors (Lipinski definition) is 5. The number of carbonyl (C=O) groups is 1. The molecule has 2 aromatic heterocycles. The molecular formula is C14H12ClN3O2S. The maximum atomic E-state index is 11.3. The van der Waals surface area contributed by atoms with Gasteiger partial charge in [-0.2, -0.15) is 0 Å². The molecule has 0 atom stereocenters. The molecule has 5 nitrogen and oxygen atoms in total. The van der Waals surface area contributed by atoms with Crippen LogP contribution in [0.25, 0.3) is 16.6 Å². The van der Waals surface area contributed by atoms with Gasteiger partial charge >= 0.3 is 5.97 Å². The van der Waals surface area contributed by atoms with Crippen LogP contribution >= 0.6 is 23.4 Å². The molecule has 0 fully saturated rings. The maximum Gasteiger partial charge on any atom is 0.316 e. The molecule has 2 heterocycles. The van der Waals surface area contributed by atoms with Crippen LogP contribution in [0.15, 0.2) is 29.4 Å². The van der Waals surface area contributed by atoms with Crippen molar-refractivity contribution in [2.24, 2.45) is 0 Å². The first-order valence-corrected chi connectivity index (χ1v) is 7.60. The number of benzene rings is 1. The molecule has 0 aliphatic rings. The van der Waals surface area contributed by atoms with Gasteiger partial charge in [-0.25, -0.2) is 0 Å². The van der Waals surface area contributed by atoms with Crippen LogP contribution in [0.5, 0.6) is 0 Å². The lowest BCUT2D eigenvalue weighted by molar-refractivity contribution is -0.137. The van der Waals surface area contributed by atoms with E-state index >= 15 is 0 Å². The first kappa shape index (κ1) is 14.2. The quantitative estimate of drug-likeness (QED) is 0.548. The zero-order valence-electron chi connectivity index (χ0n) is 11.5. The molecule has 21 heavy (non-hydrogen) atoms. The topological polar surface area (TPSA) is 56.5 Å². The predicted octanol–water partition coefficient (Wildman–Crippen LogP) is 3.11. The van der Waals surface area contributed by atoms with E-state index in [-0.39, 0.29) is 11.7 Å². The Balaban J connectivity index is 2.17. The zero-order valence-corrected chi connectivity index (χ0v) is 13.0. The van der Waals surface area contributed by atoms with Crippen LogP contribution in [0, 0.1) is 6.92 Å². The number of aryl methyl sites for hydroxylation is 1. The van der Waals surface area contributed by atoms with Crippen molar-refractivity contribution in [2.45, 2.75) is 12.1 Å². The van der Waals surface area contributed by atoms with E-state index in [4.69, 9.17) is 11.6 Å². The second-order valence-electron chi connectivity index (χ2n) is 4.53. The first-order chi connectivity index (χ1) is 10.1. The van der Waals surface area contributed by atoms with Crippen molar-refractivity contribution in [1.82, 2.24) is 14.6 Å². The molecule has 0 aliphatic carbocycles. The smallest absolute Gasteiger partial charge is 0.316 e. The SMILES string of the molecule is COC(=O)CSc1nnc2cc(C)c3cc(Cl)ccc3n12. The molecule has 0 saturated carbocycles. The second-order valence-corrected chi connectivity index (χ2v) is 5.91. The number of carbonyl (C=O) groups excluding carboxylic acids is 1. The summed E-state index contributed by atoms with van der Waals surface area (Å²) < 4.78 is 6.57. The fourth-order valence-electron chi connectivity index (χ4n) is 2.17. The van der Waals surface area contributed by atoms with Crippen molar-refractivity contribution < 1.29 is 9.53 Å².